The van der Waals surface area contributed by atoms with Crippen LogP contribution in [0.4, 0.5) is 4.39 Å². The molecule has 0 aliphatic carbocycles. The molecule has 0 radical (unpaired) electrons. The van der Waals surface area contributed by atoms with Crippen LogP contribution in [0.1, 0.15) is 31.0 Å². The minimum Gasteiger partial charge on any atom is -0.332 e. The summed E-state index contributed by atoms with van der Waals surface area (Å²) in [5.74, 6) is -0.126. The highest BCUT2D eigenvalue weighted by atomic mass is 19.1. The molecule has 2 heterocycles. The predicted molar refractivity (Wildman–Crippen MR) is 66.7 cm³/mol. The first kappa shape index (κ1) is 11.7. The van der Waals surface area contributed by atoms with Crippen molar-refractivity contribution in [3.63, 3.8) is 0 Å². The van der Waals surface area contributed by atoms with E-state index in [0.29, 0.717) is 19.6 Å². The topological polar surface area (TPSA) is 32.3 Å². The zero-order chi connectivity index (χ0) is 12.9. The van der Waals surface area contributed by atoms with Crippen molar-refractivity contribution >= 4 is 5.91 Å². The van der Waals surface area contributed by atoms with Gasteiger partial charge in [0.25, 0.3) is 0 Å². The minimum atomic E-state index is -0.232. The maximum atomic E-state index is 13.5. The lowest BCUT2D eigenvalue weighted by molar-refractivity contribution is -0.136. The van der Waals surface area contributed by atoms with E-state index >= 15 is 0 Å². The van der Waals surface area contributed by atoms with Crippen LogP contribution < -0.4 is 5.32 Å². The third-order valence-corrected chi connectivity index (χ3v) is 3.98. The first-order valence-corrected chi connectivity index (χ1v) is 6.29. The number of benzene rings is 1. The molecule has 0 bridgehead atoms. The van der Waals surface area contributed by atoms with E-state index in [4.69, 9.17) is 0 Å². The summed E-state index contributed by atoms with van der Waals surface area (Å²) < 4.78 is 13.5. The third-order valence-electron chi connectivity index (χ3n) is 3.98. The van der Waals surface area contributed by atoms with E-state index < -0.39 is 0 Å². The number of piperazine rings is 1. The molecule has 1 amide bonds. The van der Waals surface area contributed by atoms with Crippen molar-refractivity contribution in [3.05, 3.63) is 35.1 Å². The van der Waals surface area contributed by atoms with Crippen LogP contribution in [0.25, 0.3) is 0 Å². The van der Waals surface area contributed by atoms with Crippen molar-refractivity contribution in [2.75, 3.05) is 19.6 Å². The first-order chi connectivity index (χ1) is 8.49. The van der Waals surface area contributed by atoms with Crippen LogP contribution in [0.2, 0.25) is 0 Å². The van der Waals surface area contributed by atoms with Crippen molar-refractivity contribution in [1.82, 2.24) is 10.2 Å². The van der Waals surface area contributed by atoms with E-state index in [2.05, 4.69) is 19.2 Å². The Morgan fingerprint density at radius 3 is 3.00 bits per heavy atom. The average molecular weight is 248 g/mol. The van der Waals surface area contributed by atoms with Gasteiger partial charge in [0.15, 0.2) is 0 Å². The Kier molecular flexibility index (Phi) is 2.45. The Morgan fingerprint density at radius 1 is 1.44 bits per heavy atom. The van der Waals surface area contributed by atoms with Gasteiger partial charge in [0.05, 0.1) is 12.6 Å². The third kappa shape index (κ3) is 1.63. The van der Waals surface area contributed by atoms with Crippen molar-refractivity contribution in [3.8, 4) is 0 Å². The van der Waals surface area contributed by atoms with Crippen molar-refractivity contribution in [2.45, 2.75) is 25.3 Å². The minimum absolute atomic E-state index is 0.0232. The summed E-state index contributed by atoms with van der Waals surface area (Å²) in [5, 5.41) is 3.11. The molecule has 2 aliphatic rings. The van der Waals surface area contributed by atoms with Gasteiger partial charge in [-0.25, -0.2) is 4.39 Å². The number of nitrogens with one attached hydrogen (secondary N) is 1. The molecule has 1 aromatic carbocycles. The van der Waals surface area contributed by atoms with E-state index in [0.717, 1.165) is 11.1 Å². The lowest BCUT2D eigenvalue weighted by Crippen LogP contribution is -2.56. The summed E-state index contributed by atoms with van der Waals surface area (Å²) in [4.78, 5) is 13.9. The lowest BCUT2D eigenvalue weighted by Gasteiger charge is -2.47. The molecule has 4 heteroatoms. The van der Waals surface area contributed by atoms with Crippen molar-refractivity contribution in [1.29, 1.82) is 0 Å². The lowest BCUT2D eigenvalue weighted by atomic mass is 9.75. The number of hydrogen-bond acceptors (Lipinski definition) is 2. The van der Waals surface area contributed by atoms with Gasteiger partial charge in [0.2, 0.25) is 5.91 Å². The highest BCUT2D eigenvalue weighted by Gasteiger charge is 2.41. The fourth-order valence-corrected chi connectivity index (χ4v) is 3.11. The average Bonchev–Trinajstić information content (AvgIpc) is 2.30. The molecule has 3 nitrogen and oxygen atoms in total. The summed E-state index contributed by atoms with van der Waals surface area (Å²) in [6.07, 6.45) is 0. The Labute approximate surface area is 106 Å². The van der Waals surface area contributed by atoms with Gasteiger partial charge in [0, 0.05) is 18.5 Å². The fourth-order valence-electron chi connectivity index (χ4n) is 3.11. The van der Waals surface area contributed by atoms with Crippen LogP contribution in [-0.2, 0) is 10.2 Å². The zero-order valence-corrected chi connectivity index (χ0v) is 10.7. The smallest absolute Gasteiger partial charge is 0.237 e. The Hall–Kier alpha value is -1.42. The van der Waals surface area contributed by atoms with Crippen LogP contribution >= 0.6 is 0 Å². The van der Waals surface area contributed by atoms with Crippen LogP contribution in [0.3, 0.4) is 0 Å². The van der Waals surface area contributed by atoms with Crippen LogP contribution in [-0.4, -0.2) is 30.4 Å². The molecule has 0 saturated carbocycles. The number of carbonyl (C=O) groups is 1. The summed E-state index contributed by atoms with van der Waals surface area (Å²) in [5.41, 5.74) is 1.99. The van der Waals surface area contributed by atoms with Crippen molar-refractivity contribution in [2.24, 2.45) is 0 Å². The molecule has 0 aromatic heterocycles. The van der Waals surface area contributed by atoms with Gasteiger partial charge in [-0.3, -0.25) is 4.79 Å². The van der Waals surface area contributed by atoms with Crippen molar-refractivity contribution < 1.29 is 9.18 Å². The number of carbonyl (C=O) groups excluding carboxylic acids is 1. The second-order valence-corrected chi connectivity index (χ2v) is 5.78. The maximum absolute atomic E-state index is 13.5. The van der Waals surface area contributed by atoms with Gasteiger partial charge in [-0.15, -0.1) is 0 Å². The number of nitrogens with zero attached hydrogens (tertiary/aromatic N) is 1. The second kappa shape index (κ2) is 3.79. The van der Waals surface area contributed by atoms with Gasteiger partial charge in [0.1, 0.15) is 5.82 Å². The van der Waals surface area contributed by atoms with Crippen LogP contribution in [0.15, 0.2) is 18.2 Å². The van der Waals surface area contributed by atoms with Gasteiger partial charge in [-0.2, -0.15) is 0 Å². The first-order valence-electron chi connectivity index (χ1n) is 6.29. The number of rotatable bonds is 0. The van der Waals surface area contributed by atoms with E-state index in [9.17, 15) is 9.18 Å². The summed E-state index contributed by atoms with van der Waals surface area (Å²) in [6.45, 7) is 6.01. The fraction of sp³-hybridized carbons (Fsp3) is 0.500. The molecule has 1 atom stereocenters. The van der Waals surface area contributed by atoms with Crippen LogP contribution in [0, 0.1) is 5.82 Å². The summed E-state index contributed by atoms with van der Waals surface area (Å²) >= 11 is 0. The Balaban J connectivity index is 2.15. The quantitative estimate of drug-likeness (QED) is 0.756. The molecule has 1 saturated heterocycles. The van der Waals surface area contributed by atoms with Gasteiger partial charge in [-0.1, -0.05) is 19.9 Å². The van der Waals surface area contributed by atoms with Gasteiger partial charge in [-0.05, 0) is 23.3 Å². The van der Waals surface area contributed by atoms with E-state index in [1.165, 1.54) is 6.07 Å². The summed E-state index contributed by atoms with van der Waals surface area (Å²) in [7, 11) is 0. The molecular formula is C14H17FN2O. The highest BCUT2D eigenvalue weighted by Crippen LogP contribution is 2.40. The van der Waals surface area contributed by atoms with Gasteiger partial charge < -0.3 is 10.2 Å². The number of hydrogen-bond donors (Lipinski definition) is 1. The SMILES string of the molecule is CC1(C)CN2C(=O)CNCC2c2cc(F)ccc21. The predicted octanol–water partition coefficient (Wildman–Crippen LogP) is 1.59. The molecule has 1 aromatic rings. The second-order valence-electron chi connectivity index (χ2n) is 5.78. The standard InChI is InChI=1S/C14H17FN2O/c1-14(2)8-17-12(6-16-7-13(17)18)10-5-9(15)3-4-11(10)14/h3-5,12,16H,6-8H2,1-2H3. The van der Waals surface area contributed by atoms with Crippen LogP contribution in [0.5, 0.6) is 0 Å². The maximum Gasteiger partial charge on any atom is 0.237 e. The zero-order valence-electron chi connectivity index (χ0n) is 10.7. The molecular weight excluding hydrogens is 231 g/mol. The molecule has 96 valence electrons. The number of halogens is 1. The molecule has 18 heavy (non-hydrogen) atoms. The number of amides is 1. The molecule has 1 fully saturated rings. The normalized spacial score (nSPS) is 25.6. The Morgan fingerprint density at radius 2 is 2.22 bits per heavy atom. The van der Waals surface area contributed by atoms with E-state index in [-0.39, 0.29) is 23.2 Å². The molecule has 2 aliphatic heterocycles. The molecule has 0 spiro atoms. The monoisotopic (exact) mass is 248 g/mol. The van der Waals surface area contributed by atoms with Gasteiger partial charge >= 0.3 is 0 Å². The summed E-state index contributed by atoms with van der Waals surface area (Å²) in [6, 6.07) is 4.92. The van der Waals surface area contributed by atoms with E-state index in [1.807, 2.05) is 11.0 Å². The molecule has 1 unspecified atom stereocenters. The van der Waals surface area contributed by atoms with E-state index in [1.54, 1.807) is 6.07 Å². The number of fused-ring (bicyclic) bond motifs is 3. The molecule has 1 N–H and O–H groups in total. The molecule has 3 rings (SSSR count). The Bertz CT molecular complexity index is 513. The largest absolute Gasteiger partial charge is 0.332 e. The highest BCUT2D eigenvalue weighted by molar-refractivity contribution is 5.80.